The van der Waals surface area contributed by atoms with Crippen LogP contribution in [0.4, 0.5) is 5.69 Å². The number of halogens is 1. The molecule has 0 unspecified atom stereocenters. The monoisotopic (exact) mass is 412 g/mol. The van der Waals surface area contributed by atoms with Crippen LogP contribution < -0.4 is 10.6 Å². The Kier molecular flexibility index (Phi) is 5.16. The van der Waals surface area contributed by atoms with Gasteiger partial charge in [0.25, 0.3) is 5.91 Å². The minimum Gasteiger partial charge on any atom is -0.332 e. The van der Waals surface area contributed by atoms with Gasteiger partial charge >= 0.3 is 0 Å². The van der Waals surface area contributed by atoms with Gasteiger partial charge in [-0.15, -0.1) is 0 Å². The van der Waals surface area contributed by atoms with E-state index in [4.69, 9.17) is 12.2 Å². The van der Waals surface area contributed by atoms with Crippen molar-refractivity contribution in [1.29, 1.82) is 0 Å². The van der Waals surface area contributed by atoms with Gasteiger partial charge in [-0.2, -0.15) is 0 Å². The van der Waals surface area contributed by atoms with Crippen molar-refractivity contribution in [3.05, 3.63) is 75.8 Å². The zero-order chi connectivity index (χ0) is 18.0. The number of anilines is 1. The van der Waals surface area contributed by atoms with Crippen molar-refractivity contribution in [2.75, 3.05) is 5.32 Å². The average molecular weight is 413 g/mol. The lowest BCUT2D eigenvalue weighted by Crippen LogP contribution is -2.34. The highest BCUT2D eigenvalue weighted by Gasteiger charge is 2.13. The Morgan fingerprint density at radius 2 is 1.64 bits per heavy atom. The molecule has 0 aliphatic rings. The Morgan fingerprint density at radius 3 is 2.44 bits per heavy atom. The lowest BCUT2D eigenvalue weighted by molar-refractivity contribution is 0.0979. The van der Waals surface area contributed by atoms with Crippen molar-refractivity contribution in [2.24, 2.45) is 0 Å². The van der Waals surface area contributed by atoms with E-state index in [9.17, 15) is 4.79 Å². The van der Waals surface area contributed by atoms with E-state index in [1.807, 2.05) is 62.4 Å². The average Bonchev–Trinajstić information content (AvgIpc) is 2.59. The van der Waals surface area contributed by atoms with Crippen LogP contribution in [0.2, 0.25) is 0 Å². The van der Waals surface area contributed by atoms with Gasteiger partial charge in [0.2, 0.25) is 0 Å². The summed E-state index contributed by atoms with van der Waals surface area (Å²) in [4.78, 5) is 12.7. The number of fused-ring (bicyclic) bond motifs is 1. The summed E-state index contributed by atoms with van der Waals surface area (Å²) in [6, 6.07) is 17.4. The molecule has 2 N–H and O–H groups in total. The van der Waals surface area contributed by atoms with Crippen LogP contribution in [0.25, 0.3) is 10.8 Å². The molecule has 0 aliphatic carbocycles. The van der Waals surface area contributed by atoms with E-state index in [2.05, 4.69) is 26.6 Å². The van der Waals surface area contributed by atoms with Crippen LogP contribution in [0.1, 0.15) is 21.5 Å². The number of thiocarbonyl (C=S) groups is 1. The molecule has 0 aromatic heterocycles. The Labute approximate surface area is 160 Å². The normalized spacial score (nSPS) is 10.5. The minimum atomic E-state index is -0.230. The molecule has 3 aromatic carbocycles. The zero-order valence-corrected chi connectivity index (χ0v) is 16.3. The number of hydrogen-bond donors (Lipinski definition) is 2. The third-order valence-electron chi connectivity index (χ3n) is 4.19. The molecule has 0 aliphatic heterocycles. The Hall–Kier alpha value is -2.24. The Morgan fingerprint density at radius 1 is 0.960 bits per heavy atom. The predicted molar refractivity (Wildman–Crippen MR) is 111 cm³/mol. The first-order valence-electron chi connectivity index (χ1n) is 7.83. The second-order valence-electron chi connectivity index (χ2n) is 5.80. The molecule has 25 heavy (non-hydrogen) atoms. The third kappa shape index (κ3) is 3.72. The van der Waals surface area contributed by atoms with Crippen LogP contribution in [-0.4, -0.2) is 11.0 Å². The molecule has 0 spiro atoms. The van der Waals surface area contributed by atoms with Gasteiger partial charge in [-0.1, -0.05) is 52.3 Å². The van der Waals surface area contributed by atoms with Crippen molar-refractivity contribution in [3.8, 4) is 0 Å². The molecule has 0 fully saturated rings. The van der Waals surface area contributed by atoms with Gasteiger partial charge < -0.3 is 5.32 Å². The Bertz CT molecular complexity index is 985. The number of carbonyl (C=O) groups excluding carboxylic acids is 1. The second kappa shape index (κ2) is 7.33. The summed E-state index contributed by atoms with van der Waals surface area (Å²) in [6.07, 6.45) is 0. The molecular formula is C20H17BrN2OS. The van der Waals surface area contributed by atoms with Crippen LogP contribution in [-0.2, 0) is 0 Å². The zero-order valence-electron chi connectivity index (χ0n) is 13.9. The topological polar surface area (TPSA) is 41.1 Å². The summed E-state index contributed by atoms with van der Waals surface area (Å²) < 4.78 is 0.954. The predicted octanol–water partition coefficient (Wildman–Crippen LogP) is 5.35. The summed E-state index contributed by atoms with van der Waals surface area (Å²) in [5, 5.41) is 8.02. The maximum Gasteiger partial charge on any atom is 0.258 e. The molecule has 0 heterocycles. The fraction of sp³-hybridized carbons (Fsp3) is 0.100. The van der Waals surface area contributed by atoms with Crippen molar-refractivity contribution in [1.82, 2.24) is 5.32 Å². The van der Waals surface area contributed by atoms with E-state index >= 15 is 0 Å². The molecule has 3 rings (SSSR count). The van der Waals surface area contributed by atoms with Crippen LogP contribution in [0.5, 0.6) is 0 Å². The summed E-state index contributed by atoms with van der Waals surface area (Å²) >= 11 is 8.83. The first kappa shape index (κ1) is 17.6. The Balaban J connectivity index is 1.82. The van der Waals surface area contributed by atoms with E-state index in [-0.39, 0.29) is 11.0 Å². The number of benzene rings is 3. The van der Waals surface area contributed by atoms with Gasteiger partial charge in [0, 0.05) is 15.7 Å². The molecule has 1 amide bonds. The van der Waals surface area contributed by atoms with Crippen molar-refractivity contribution >= 4 is 55.6 Å². The summed E-state index contributed by atoms with van der Waals surface area (Å²) in [7, 11) is 0. The molecule has 3 aromatic rings. The van der Waals surface area contributed by atoms with Crippen LogP contribution >= 0.6 is 28.1 Å². The first-order chi connectivity index (χ1) is 12.0. The second-order valence-corrected chi connectivity index (χ2v) is 7.06. The van der Waals surface area contributed by atoms with E-state index in [1.165, 1.54) is 0 Å². The molecule has 0 atom stereocenters. The number of carbonyl (C=O) groups is 1. The summed E-state index contributed by atoms with van der Waals surface area (Å²) in [5.74, 6) is -0.230. The van der Waals surface area contributed by atoms with Crippen molar-refractivity contribution in [2.45, 2.75) is 13.8 Å². The number of amides is 1. The smallest absolute Gasteiger partial charge is 0.258 e. The van der Waals surface area contributed by atoms with E-state index < -0.39 is 0 Å². The molecule has 3 nitrogen and oxygen atoms in total. The molecule has 0 bridgehead atoms. The van der Waals surface area contributed by atoms with E-state index in [0.29, 0.717) is 5.56 Å². The van der Waals surface area contributed by atoms with Crippen molar-refractivity contribution in [3.63, 3.8) is 0 Å². The van der Waals surface area contributed by atoms with E-state index in [1.54, 1.807) is 6.07 Å². The van der Waals surface area contributed by atoms with Gasteiger partial charge in [-0.05, 0) is 66.2 Å². The fourth-order valence-electron chi connectivity index (χ4n) is 2.68. The lowest BCUT2D eigenvalue weighted by atomic mass is 10.0. The van der Waals surface area contributed by atoms with Crippen LogP contribution in [0, 0.1) is 13.8 Å². The quantitative estimate of drug-likeness (QED) is 0.557. The van der Waals surface area contributed by atoms with Gasteiger partial charge in [0.1, 0.15) is 0 Å². The maximum absolute atomic E-state index is 12.7. The van der Waals surface area contributed by atoms with Crippen molar-refractivity contribution < 1.29 is 4.79 Å². The van der Waals surface area contributed by atoms with Gasteiger partial charge in [-0.3, -0.25) is 10.1 Å². The highest BCUT2D eigenvalue weighted by Crippen LogP contribution is 2.26. The van der Waals surface area contributed by atoms with Crippen LogP contribution in [0.3, 0.4) is 0 Å². The number of hydrogen-bond acceptors (Lipinski definition) is 2. The first-order valence-corrected chi connectivity index (χ1v) is 9.03. The number of aryl methyl sites for hydroxylation is 1. The molecule has 5 heteroatoms. The standard InChI is InChI=1S/C20H17BrN2OS/c1-12-6-3-11-18(13(12)2)22-20(25)23-19(24)16-9-4-8-15-14(16)7-5-10-17(15)21/h3-11H,1-2H3,(H2,22,23,24,25). The maximum atomic E-state index is 12.7. The van der Waals surface area contributed by atoms with Crippen LogP contribution in [0.15, 0.2) is 59.1 Å². The number of rotatable bonds is 2. The van der Waals surface area contributed by atoms with Gasteiger partial charge in [0.05, 0.1) is 0 Å². The molecule has 0 saturated carbocycles. The van der Waals surface area contributed by atoms with Gasteiger partial charge in [-0.25, -0.2) is 0 Å². The highest BCUT2D eigenvalue weighted by atomic mass is 79.9. The molecular weight excluding hydrogens is 396 g/mol. The molecule has 0 saturated heterocycles. The fourth-order valence-corrected chi connectivity index (χ4v) is 3.38. The SMILES string of the molecule is Cc1cccc(NC(=S)NC(=O)c2cccc3c(Br)cccc23)c1C. The highest BCUT2D eigenvalue weighted by molar-refractivity contribution is 9.10. The number of nitrogens with one attached hydrogen (secondary N) is 2. The third-order valence-corrected chi connectivity index (χ3v) is 5.09. The summed E-state index contributed by atoms with van der Waals surface area (Å²) in [5.41, 5.74) is 3.75. The van der Waals surface area contributed by atoms with Gasteiger partial charge in [0.15, 0.2) is 5.11 Å². The largest absolute Gasteiger partial charge is 0.332 e. The van der Waals surface area contributed by atoms with E-state index in [0.717, 1.165) is 32.1 Å². The molecule has 0 radical (unpaired) electrons. The molecule has 126 valence electrons. The minimum absolute atomic E-state index is 0.230. The lowest BCUT2D eigenvalue weighted by Gasteiger charge is -2.14. The summed E-state index contributed by atoms with van der Waals surface area (Å²) in [6.45, 7) is 4.06.